The monoisotopic (exact) mass is 266 g/mol. The Balaban J connectivity index is 2.05. The molecule has 1 fully saturated rings. The van der Waals surface area contributed by atoms with Gasteiger partial charge in [0.1, 0.15) is 5.54 Å². The Morgan fingerprint density at radius 1 is 1.61 bits per heavy atom. The molecule has 2 rings (SSSR count). The third kappa shape index (κ3) is 2.84. The maximum absolute atomic E-state index is 11.4. The number of nitrogens with zero attached hydrogens (tertiary/aromatic N) is 1. The number of pyridine rings is 1. The SMILES string of the molecule is CNC1(C(=O)O)CCCC(Sc2ccccn2)C1. The third-order valence-electron chi connectivity index (χ3n) is 3.52. The topological polar surface area (TPSA) is 62.2 Å². The molecule has 0 bridgehead atoms. The van der Waals surface area contributed by atoms with Crippen LogP contribution in [-0.4, -0.2) is 33.9 Å². The van der Waals surface area contributed by atoms with Gasteiger partial charge in [0.2, 0.25) is 0 Å². The molecular weight excluding hydrogens is 248 g/mol. The molecule has 4 nitrogen and oxygen atoms in total. The van der Waals surface area contributed by atoms with E-state index in [0.717, 1.165) is 17.9 Å². The standard InChI is InChI=1S/C13H18N2O2S/c1-14-13(12(16)17)7-4-5-10(9-13)18-11-6-2-3-8-15-11/h2-3,6,8,10,14H,4-5,7,9H2,1H3,(H,16,17). The van der Waals surface area contributed by atoms with Gasteiger partial charge in [-0.15, -0.1) is 11.8 Å². The van der Waals surface area contributed by atoms with Crippen LogP contribution in [0, 0.1) is 0 Å². The molecule has 0 radical (unpaired) electrons. The Morgan fingerprint density at radius 3 is 3.06 bits per heavy atom. The molecule has 1 heterocycles. The predicted octanol–water partition coefficient (Wildman–Crippen LogP) is 2.16. The highest BCUT2D eigenvalue weighted by Gasteiger charge is 2.41. The van der Waals surface area contributed by atoms with Crippen molar-refractivity contribution in [2.45, 2.75) is 41.5 Å². The van der Waals surface area contributed by atoms with E-state index in [1.54, 1.807) is 25.0 Å². The molecule has 1 saturated carbocycles. The van der Waals surface area contributed by atoms with Crippen molar-refractivity contribution in [1.29, 1.82) is 0 Å². The highest BCUT2D eigenvalue weighted by molar-refractivity contribution is 7.99. The number of carboxylic acid groups (broad SMARTS) is 1. The van der Waals surface area contributed by atoms with Gasteiger partial charge in [-0.3, -0.25) is 4.79 Å². The second-order valence-electron chi connectivity index (χ2n) is 4.64. The molecule has 2 atom stereocenters. The number of aliphatic carboxylic acids is 1. The number of nitrogens with one attached hydrogen (secondary N) is 1. The van der Waals surface area contributed by atoms with Crippen LogP contribution in [0.3, 0.4) is 0 Å². The quantitative estimate of drug-likeness (QED) is 0.874. The lowest BCUT2D eigenvalue weighted by Gasteiger charge is -2.36. The van der Waals surface area contributed by atoms with E-state index >= 15 is 0 Å². The van der Waals surface area contributed by atoms with Crippen molar-refractivity contribution >= 4 is 17.7 Å². The van der Waals surface area contributed by atoms with Crippen LogP contribution in [0.15, 0.2) is 29.4 Å². The number of rotatable bonds is 4. The van der Waals surface area contributed by atoms with E-state index in [1.807, 2.05) is 18.2 Å². The van der Waals surface area contributed by atoms with Gasteiger partial charge < -0.3 is 10.4 Å². The first-order valence-electron chi connectivity index (χ1n) is 6.16. The van der Waals surface area contributed by atoms with Gasteiger partial charge in [0, 0.05) is 11.4 Å². The minimum absolute atomic E-state index is 0.317. The van der Waals surface area contributed by atoms with Crippen LogP contribution in [-0.2, 0) is 4.79 Å². The average Bonchev–Trinajstić information content (AvgIpc) is 2.40. The van der Waals surface area contributed by atoms with Crippen LogP contribution in [0.4, 0.5) is 0 Å². The number of thioether (sulfide) groups is 1. The van der Waals surface area contributed by atoms with Crippen molar-refractivity contribution in [2.75, 3.05) is 7.05 Å². The van der Waals surface area contributed by atoms with Crippen molar-refractivity contribution in [3.8, 4) is 0 Å². The summed E-state index contributed by atoms with van der Waals surface area (Å²) in [5.74, 6) is -0.740. The minimum Gasteiger partial charge on any atom is -0.480 e. The van der Waals surface area contributed by atoms with Gasteiger partial charge in [-0.1, -0.05) is 6.07 Å². The zero-order chi connectivity index (χ0) is 13.0. The van der Waals surface area contributed by atoms with Crippen LogP contribution in [0.5, 0.6) is 0 Å². The molecule has 1 aliphatic rings. The zero-order valence-corrected chi connectivity index (χ0v) is 11.2. The Kier molecular flexibility index (Phi) is 4.24. The average molecular weight is 266 g/mol. The number of carbonyl (C=O) groups is 1. The summed E-state index contributed by atoms with van der Waals surface area (Å²) in [6.07, 6.45) is 5.13. The zero-order valence-electron chi connectivity index (χ0n) is 10.4. The Hall–Kier alpha value is -1.07. The van der Waals surface area contributed by atoms with E-state index in [1.165, 1.54) is 0 Å². The molecule has 98 valence electrons. The summed E-state index contributed by atoms with van der Waals surface area (Å²) in [5.41, 5.74) is -0.759. The van der Waals surface area contributed by atoms with Gasteiger partial charge >= 0.3 is 5.97 Å². The first-order chi connectivity index (χ1) is 8.66. The second-order valence-corrected chi connectivity index (χ2v) is 5.96. The van der Waals surface area contributed by atoms with Crippen molar-refractivity contribution in [1.82, 2.24) is 10.3 Å². The fraction of sp³-hybridized carbons (Fsp3) is 0.538. The van der Waals surface area contributed by atoms with Gasteiger partial charge in [-0.25, -0.2) is 4.98 Å². The molecular formula is C13H18N2O2S. The molecule has 2 N–H and O–H groups in total. The Bertz CT molecular complexity index is 413. The largest absolute Gasteiger partial charge is 0.480 e. The van der Waals surface area contributed by atoms with E-state index in [0.29, 0.717) is 18.1 Å². The molecule has 0 aromatic carbocycles. The Labute approximate surface area is 111 Å². The lowest BCUT2D eigenvalue weighted by atomic mass is 9.81. The molecule has 0 saturated heterocycles. The van der Waals surface area contributed by atoms with E-state index in [2.05, 4.69) is 10.3 Å². The lowest BCUT2D eigenvalue weighted by molar-refractivity contribution is -0.146. The molecule has 1 aromatic heterocycles. The molecule has 5 heteroatoms. The van der Waals surface area contributed by atoms with Crippen molar-refractivity contribution < 1.29 is 9.90 Å². The number of carboxylic acids is 1. The maximum atomic E-state index is 11.4. The van der Waals surface area contributed by atoms with Gasteiger partial charge in [-0.2, -0.15) is 0 Å². The smallest absolute Gasteiger partial charge is 0.323 e. The first kappa shape index (κ1) is 13.4. The Morgan fingerprint density at radius 2 is 2.44 bits per heavy atom. The van der Waals surface area contributed by atoms with Crippen molar-refractivity contribution in [3.05, 3.63) is 24.4 Å². The third-order valence-corrected chi connectivity index (χ3v) is 4.74. The van der Waals surface area contributed by atoms with Crippen molar-refractivity contribution in [3.63, 3.8) is 0 Å². The summed E-state index contributed by atoms with van der Waals surface area (Å²) < 4.78 is 0. The van der Waals surface area contributed by atoms with Crippen LogP contribution < -0.4 is 5.32 Å². The summed E-state index contributed by atoms with van der Waals surface area (Å²) in [5, 5.41) is 13.7. The highest BCUT2D eigenvalue weighted by atomic mass is 32.2. The van der Waals surface area contributed by atoms with Gasteiger partial charge in [0.15, 0.2) is 0 Å². The van der Waals surface area contributed by atoms with Crippen molar-refractivity contribution in [2.24, 2.45) is 0 Å². The minimum atomic E-state index is -0.759. The predicted molar refractivity (Wildman–Crippen MR) is 71.8 cm³/mol. The van der Waals surface area contributed by atoms with Crippen LogP contribution in [0.25, 0.3) is 0 Å². The maximum Gasteiger partial charge on any atom is 0.323 e. The molecule has 18 heavy (non-hydrogen) atoms. The number of hydrogen-bond acceptors (Lipinski definition) is 4. The number of likely N-dealkylation sites (N-methyl/N-ethyl adjacent to an activating group) is 1. The summed E-state index contributed by atoms with van der Waals surface area (Å²) >= 11 is 1.69. The summed E-state index contributed by atoms with van der Waals surface area (Å²) in [7, 11) is 1.74. The highest BCUT2D eigenvalue weighted by Crippen LogP contribution is 2.37. The van der Waals surface area contributed by atoms with Gasteiger partial charge in [-0.05, 0) is 44.9 Å². The molecule has 0 aliphatic heterocycles. The molecule has 1 aliphatic carbocycles. The van der Waals surface area contributed by atoms with E-state index in [9.17, 15) is 9.90 Å². The van der Waals surface area contributed by atoms with Crippen LogP contribution in [0.1, 0.15) is 25.7 Å². The number of aromatic nitrogens is 1. The van der Waals surface area contributed by atoms with E-state index in [-0.39, 0.29) is 0 Å². The first-order valence-corrected chi connectivity index (χ1v) is 7.04. The number of hydrogen-bond donors (Lipinski definition) is 2. The molecule has 1 aromatic rings. The summed E-state index contributed by atoms with van der Waals surface area (Å²) in [4.78, 5) is 15.7. The normalized spacial score (nSPS) is 27.9. The summed E-state index contributed by atoms with van der Waals surface area (Å²) in [6.45, 7) is 0. The molecule has 0 spiro atoms. The van der Waals surface area contributed by atoms with Crippen LogP contribution >= 0.6 is 11.8 Å². The lowest BCUT2D eigenvalue weighted by Crippen LogP contribution is -2.53. The second kappa shape index (κ2) is 5.71. The fourth-order valence-corrected chi connectivity index (χ4v) is 3.71. The fourth-order valence-electron chi connectivity index (χ4n) is 2.44. The molecule has 2 unspecified atom stereocenters. The van der Waals surface area contributed by atoms with Gasteiger partial charge in [0.05, 0.1) is 5.03 Å². The van der Waals surface area contributed by atoms with E-state index in [4.69, 9.17) is 0 Å². The molecule has 0 amide bonds. The summed E-state index contributed by atoms with van der Waals surface area (Å²) in [6, 6.07) is 5.82. The van der Waals surface area contributed by atoms with Crippen LogP contribution in [0.2, 0.25) is 0 Å². The van der Waals surface area contributed by atoms with Gasteiger partial charge in [0.25, 0.3) is 0 Å². The van der Waals surface area contributed by atoms with E-state index < -0.39 is 11.5 Å².